The summed E-state index contributed by atoms with van der Waals surface area (Å²) < 4.78 is 1.71. The normalized spacial score (nSPS) is 18.2. The lowest BCUT2D eigenvalue weighted by Crippen LogP contribution is -2.54. The Balaban J connectivity index is 1.75. The molecule has 1 saturated heterocycles. The Labute approximate surface area is 222 Å². The molecule has 1 aliphatic heterocycles. The van der Waals surface area contributed by atoms with Crippen molar-refractivity contribution in [1.29, 1.82) is 0 Å². The second-order valence-electron chi connectivity index (χ2n) is 10.1. The van der Waals surface area contributed by atoms with E-state index in [0.717, 1.165) is 53.6 Å². The predicted molar refractivity (Wildman–Crippen MR) is 149 cm³/mol. The summed E-state index contributed by atoms with van der Waals surface area (Å²) in [6.07, 6.45) is 6.21. The third-order valence-corrected chi connectivity index (χ3v) is 8.20. The maximum absolute atomic E-state index is 13.9. The summed E-state index contributed by atoms with van der Waals surface area (Å²) in [6, 6.07) is 8.10. The molecule has 0 unspecified atom stereocenters. The number of aryl methyl sites for hydroxylation is 2. The largest absolute Gasteiger partial charge is 0.355 e. The molecule has 1 aromatic carbocycles. The number of pyridine rings is 1. The van der Waals surface area contributed by atoms with E-state index in [9.17, 15) is 9.59 Å². The molecule has 3 aromatic rings. The Morgan fingerprint density at radius 1 is 1.16 bits per heavy atom. The Morgan fingerprint density at radius 3 is 2.43 bits per heavy atom. The van der Waals surface area contributed by atoms with Crippen LogP contribution in [-0.4, -0.2) is 51.0 Å². The molecule has 8 heteroatoms. The number of carbonyl (C=O) groups is 1. The van der Waals surface area contributed by atoms with E-state index in [2.05, 4.69) is 42.4 Å². The van der Waals surface area contributed by atoms with Gasteiger partial charge in [0.15, 0.2) is 5.65 Å². The zero-order valence-electron chi connectivity index (χ0n) is 21.8. The van der Waals surface area contributed by atoms with E-state index in [0.29, 0.717) is 42.0 Å². The van der Waals surface area contributed by atoms with Crippen molar-refractivity contribution in [3.05, 3.63) is 69.2 Å². The third-order valence-electron chi connectivity index (χ3n) is 7.89. The second-order valence-corrected chi connectivity index (χ2v) is 10.5. The zero-order valence-corrected chi connectivity index (χ0v) is 22.6. The topological polar surface area (TPSA) is 71.3 Å². The summed E-state index contributed by atoms with van der Waals surface area (Å²) in [6.45, 7) is 11.5. The molecule has 3 heterocycles. The van der Waals surface area contributed by atoms with E-state index in [1.807, 2.05) is 19.1 Å². The summed E-state index contributed by atoms with van der Waals surface area (Å²) >= 11 is 6.84. The lowest BCUT2D eigenvalue weighted by atomic mass is 9.82. The smallest absolute Gasteiger partial charge is 0.350 e. The number of hydrogen-bond donors (Lipinski definition) is 0. The fourth-order valence-electron chi connectivity index (χ4n) is 5.61. The van der Waals surface area contributed by atoms with Crippen LogP contribution in [0.1, 0.15) is 62.8 Å². The Kier molecular flexibility index (Phi) is 7.08. The maximum atomic E-state index is 13.9. The van der Waals surface area contributed by atoms with Crippen molar-refractivity contribution in [3.8, 4) is 5.69 Å². The SMILES string of the molecule is C=CC(=O)N1CCN(c2nc(=O)n(-c3c(CC)cccc3CC)c3nc(C4CCC4)c(Cl)cc23)[C@@H](C)C1. The highest BCUT2D eigenvalue weighted by molar-refractivity contribution is 6.32. The average molecular weight is 520 g/mol. The van der Waals surface area contributed by atoms with Crippen LogP contribution in [0, 0.1) is 0 Å². The first-order valence-electron chi connectivity index (χ1n) is 13.3. The minimum atomic E-state index is -0.343. The Bertz CT molecular complexity index is 1410. The number of piperazine rings is 1. The fraction of sp³-hybridized carbons (Fsp3) is 0.448. The number of carbonyl (C=O) groups excluding carboxylic acids is 1. The third kappa shape index (κ3) is 4.43. The van der Waals surface area contributed by atoms with Gasteiger partial charge in [0.1, 0.15) is 5.82 Å². The van der Waals surface area contributed by atoms with Gasteiger partial charge in [-0.25, -0.2) is 14.3 Å². The highest BCUT2D eigenvalue weighted by Gasteiger charge is 2.31. The summed E-state index contributed by atoms with van der Waals surface area (Å²) in [5, 5.41) is 1.38. The number of hydrogen-bond acceptors (Lipinski definition) is 5. The van der Waals surface area contributed by atoms with Crippen LogP contribution in [0.2, 0.25) is 5.02 Å². The molecule has 0 spiro atoms. The van der Waals surface area contributed by atoms with Crippen LogP contribution in [0.15, 0.2) is 41.7 Å². The minimum absolute atomic E-state index is 0.0391. The van der Waals surface area contributed by atoms with Gasteiger partial charge < -0.3 is 9.80 Å². The van der Waals surface area contributed by atoms with Crippen molar-refractivity contribution >= 4 is 34.4 Å². The van der Waals surface area contributed by atoms with E-state index >= 15 is 0 Å². The Morgan fingerprint density at radius 2 is 1.86 bits per heavy atom. The number of nitrogens with zero attached hydrogens (tertiary/aromatic N) is 5. The van der Waals surface area contributed by atoms with Crippen molar-refractivity contribution in [2.45, 2.75) is 64.8 Å². The van der Waals surface area contributed by atoms with Crippen LogP contribution < -0.4 is 10.6 Å². The first kappa shape index (κ1) is 25.5. The summed E-state index contributed by atoms with van der Waals surface area (Å²) in [5.41, 5.74) is 4.18. The molecular weight excluding hydrogens is 486 g/mol. The van der Waals surface area contributed by atoms with Gasteiger partial charge in [0, 0.05) is 31.6 Å². The summed E-state index contributed by atoms with van der Waals surface area (Å²) in [7, 11) is 0. The molecule has 1 saturated carbocycles. The molecule has 37 heavy (non-hydrogen) atoms. The van der Waals surface area contributed by atoms with Crippen molar-refractivity contribution in [3.63, 3.8) is 0 Å². The molecule has 1 atom stereocenters. The molecule has 0 radical (unpaired) electrons. The van der Waals surface area contributed by atoms with Crippen LogP contribution in [0.5, 0.6) is 0 Å². The fourth-order valence-corrected chi connectivity index (χ4v) is 5.92. The Hall–Kier alpha value is -3.19. The van der Waals surface area contributed by atoms with E-state index < -0.39 is 0 Å². The van der Waals surface area contributed by atoms with Gasteiger partial charge in [0.25, 0.3) is 0 Å². The lowest BCUT2D eigenvalue weighted by molar-refractivity contribution is -0.126. The molecule has 2 aliphatic rings. The molecule has 2 fully saturated rings. The molecule has 5 rings (SSSR count). The van der Waals surface area contributed by atoms with Gasteiger partial charge in [-0.3, -0.25) is 4.79 Å². The zero-order chi connectivity index (χ0) is 26.3. The highest BCUT2D eigenvalue weighted by atomic mass is 35.5. The van der Waals surface area contributed by atoms with Crippen LogP contribution in [0.4, 0.5) is 5.82 Å². The predicted octanol–water partition coefficient (Wildman–Crippen LogP) is 5.05. The number of halogens is 1. The molecular formula is C29H34ClN5O2. The lowest BCUT2D eigenvalue weighted by Gasteiger charge is -2.40. The number of aromatic nitrogens is 3. The molecule has 2 aromatic heterocycles. The van der Waals surface area contributed by atoms with Crippen molar-refractivity contribution in [1.82, 2.24) is 19.4 Å². The van der Waals surface area contributed by atoms with Gasteiger partial charge >= 0.3 is 5.69 Å². The van der Waals surface area contributed by atoms with Gasteiger partial charge in [-0.15, -0.1) is 0 Å². The molecule has 194 valence electrons. The monoisotopic (exact) mass is 519 g/mol. The number of para-hydroxylation sites is 1. The molecule has 0 N–H and O–H groups in total. The van der Waals surface area contributed by atoms with E-state index in [-0.39, 0.29) is 17.6 Å². The molecule has 1 aliphatic carbocycles. The number of rotatable bonds is 6. The van der Waals surface area contributed by atoms with Gasteiger partial charge in [0.05, 0.1) is 21.8 Å². The van der Waals surface area contributed by atoms with Gasteiger partial charge in [0.2, 0.25) is 5.91 Å². The van der Waals surface area contributed by atoms with Crippen LogP contribution in [-0.2, 0) is 17.6 Å². The minimum Gasteiger partial charge on any atom is -0.350 e. The highest BCUT2D eigenvalue weighted by Crippen LogP contribution is 2.41. The first-order valence-corrected chi connectivity index (χ1v) is 13.7. The molecule has 0 bridgehead atoms. The van der Waals surface area contributed by atoms with E-state index in [4.69, 9.17) is 16.6 Å². The second kappa shape index (κ2) is 10.3. The number of fused-ring (bicyclic) bond motifs is 1. The molecule has 1 amide bonds. The van der Waals surface area contributed by atoms with Crippen molar-refractivity contribution < 1.29 is 4.79 Å². The number of anilines is 1. The quantitative estimate of drug-likeness (QED) is 0.426. The standard InChI is InChI=1S/C29H34ClN5O2/c1-5-19-10-8-11-20(6-2)26(19)35-28-22(16-23(30)25(31-28)21-12-9-13-21)27(32-29(35)37)34-15-14-33(17-18(34)4)24(36)7-3/h7-8,10-11,16,18,21H,3,5-6,9,12-15,17H2,1-2,4H3/t18-/m0/s1. The summed E-state index contributed by atoms with van der Waals surface area (Å²) in [4.78, 5) is 39.7. The summed E-state index contributed by atoms with van der Waals surface area (Å²) in [5.74, 6) is 0.811. The van der Waals surface area contributed by atoms with Gasteiger partial charge in [-0.1, -0.05) is 56.6 Å². The van der Waals surface area contributed by atoms with Crippen molar-refractivity contribution in [2.75, 3.05) is 24.5 Å². The first-order chi connectivity index (χ1) is 17.9. The van der Waals surface area contributed by atoms with E-state index in [1.54, 1.807) is 9.47 Å². The van der Waals surface area contributed by atoms with E-state index in [1.165, 1.54) is 12.5 Å². The van der Waals surface area contributed by atoms with Crippen LogP contribution in [0.25, 0.3) is 16.7 Å². The van der Waals surface area contributed by atoms with Crippen LogP contribution in [0.3, 0.4) is 0 Å². The van der Waals surface area contributed by atoms with Crippen molar-refractivity contribution in [2.24, 2.45) is 0 Å². The maximum Gasteiger partial charge on any atom is 0.355 e. The van der Waals surface area contributed by atoms with Crippen LogP contribution >= 0.6 is 11.6 Å². The molecule has 7 nitrogen and oxygen atoms in total. The van der Waals surface area contributed by atoms with Gasteiger partial charge in [-0.2, -0.15) is 4.98 Å². The number of benzene rings is 1. The number of amides is 1. The average Bonchev–Trinajstić information content (AvgIpc) is 2.87. The van der Waals surface area contributed by atoms with Gasteiger partial charge in [-0.05, 0) is 55.9 Å².